The predicted octanol–water partition coefficient (Wildman–Crippen LogP) is -0.437. The number of carbonyl (C=O) groups excluding carboxylic acids is 2. The molecule has 0 aliphatic carbocycles. The molecule has 134 valence electrons. The van der Waals surface area contributed by atoms with Crippen molar-refractivity contribution in [2.75, 3.05) is 6.54 Å². The minimum Gasteiger partial charge on any atom is -0.480 e. The van der Waals surface area contributed by atoms with Crippen molar-refractivity contribution in [3.63, 3.8) is 0 Å². The zero-order valence-electron chi connectivity index (χ0n) is 14.2. The van der Waals surface area contributed by atoms with Gasteiger partial charge < -0.3 is 27.2 Å². The lowest BCUT2D eigenvalue weighted by Gasteiger charge is -2.23. The molecular weight excluding hydrogens is 300 g/mol. The number of aliphatic carboxylic acids is 1. The van der Waals surface area contributed by atoms with Crippen molar-refractivity contribution in [1.82, 2.24) is 10.6 Å². The highest BCUT2D eigenvalue weighted by atomic mass is 16.4. The van der Waals surface area contributed by atoms with Gasteiger partial charge in [-0.3, -0.25) is 9.59 Å². The summed E-state index contributed by atoms with van der Waals surface area (Å²) in [6, 6.07) is -2.53. The maximum atomic E-state index is 12.3. The summed E-state index contributed by atoms with van der Waals surface area (Å²) < 4.78 is 0. The number of hydrogen-bond donors (Lipinski definition) is 5. The first-order valence-corrected chi connectivity index (χ1v) is 7.98. The number of rotatable bonds is 11. The van der Waals surface area contributed by atoms with Gasteiger partial charge in [0.2, 0.25) is 11.8 Å². The molecule has 0 unspecified atom stereocenters. The molecule has 0 spiro atoms. The Morgan fingerprint density at radius 2 is 1.57 bits per heavy atom. The van der Waals surface area contributed by atoms with Crippen molar-refractivity contribution in [1.29, 1.82) is 0 Å². The molecular formula is C15H30N4O4. The first-order valence-electron chi connectivity index (χ1n) is 7.98. The molecule has 0 aromatic heterocycles. The Kier molecular flexibility index (Phi) is 10.2. The zero-order chi connectivity index (χ0) is 18.0. The van der Waals surface area contributed by atoms with Crippen LogP contribution in [-0.2, 0) is 14.4 Å². The number of carboxylic acid groups (broad SMARTS) is 1. The monoisotopic (exact) mass is 330 g/mol. The highest BCUT2D eigenvalue weighted by molar-refractivity contribution is 5.91. The van der Waals surface area contributed by atoms with Crippen LogP contribution < -0.4 is 22.1 Å². The Balaban J connectivity index is 4.82. The molecule has 3 atom stereocenters. The van der Waals surface area contributed by atoms with E-state index in [9.17, 15) is 19.5 Å². The quantitative estimate of drug-likeness (QED) is 0.324. The summed E-state index contributed by atoms with van der Waals surface area (Å²) in [6.45, 7) is 5.82. The summed E-state index contributed by atoms with van der Waals surface area (Å²) in [7, 11) is 0. The fourth-order valence-corrected chi connectivity index (χ4v) is 2.03. The number of amides is 2. The third-order valence-electron chi connectivity index (χ3n) is 3.32. The van der Waals surface area contributed by atoms with Crippen LogP contribution in [0.15, 0.2) is 0 Å². The topological polar surface area (TPSA) is 148 Å². The Morgan fingerprint density at radius 3 is 2.00 bits per heavy atom. The number of nitrogens with two attached hydrogens (primary N) is 2. The van der Waals surface area contributed by atoms with Crippen LogP contribution >= 0.6 is 0 Å². The number of carboxylic acids is 1. The first kappa shape index (κ1) is 21.3. The van der Waals surface area contributed by atoms with Crippen molar-refractivity contribution >= 4 is 17.8 Å². The number of carbonyl (C=O) groups is 3. The van der Waals surface area contributed by atoms with Gasteiger partial charge in [0, 0.05) is 0 Å². The van der Waals surface area contributed by atoms with Crippen molar-refractivity contribution in [3.8, 4) is 0 Å². The maximum absolute atomic E-state index is 12.3. The molecule has 8 nitrogen and oxygen atoms in total. The largest absolute Gasteiger partial charge is 0.480 e. The smallest absolute Gasteiger partial charge is 0.326 e. The minimum atomic E-state index is -1.10. The molecule has 7 N–H and O–H groups in total. The van der Waals surface area contributed by atoms with Gasteiger partial charge in [0.05, 0.1) is 6.04 Å². The van der Waals surface area contributed by atoms with Gasteiger partial charge in [-0.25, -0.2) is 4.79 Å². The van der Waals surface area contributed by atoms with Gasteiger partial charge in [-0.2, -0.15) is 0 Å². The highest BCUT2D eigenvalue weighted by Crippen LogP contribution is 2.07. The molecule has 0 heterocycles. The third-order valence-corrected chi connectivity index (χ3v) is 3.32. The number of unbranched alkanes of at least 4 members (excludes halogenated alkanes) is 1. The van der Waals surface area contributed by atoms with Gasteiger partial charge in [0.1, 0.15) is 12.1 Å². The second-order valence-electron chi connectivity index (χ2n) is 6.16. The van der Waals surface area contributed by atoms with Crippen LogP contribution in [0.4, 0.5) is 0 Å². The lowest BCUT2D eigenvalue weighted by Crippen LogP contribution is -2.54. The molecule has 0 aromatic rings. The maximum Gasteiger partial charge on any atom is 0.326 e. The van der Waals surface area contributed by atoms with Gasteiger partial charge in [0.15, 0.2) is 0 Å². The molecule has 0 saturated heterocycles. The van der Waals surface area contributed by atoms with Gasteiger partial charge in [-0.1, -0.05) is 13.8 Å². The van der Waals surface area contributed by atoms with E-state index in [2.05, 4.69) is 10.6 Å². The summed E-state index contributed by atoms with van der Waals surface area (Å²) >= 11 is 0. The molecule has 0 fully saturated rings. The predicted molar refractivity (Wildman–Crippen MR) is 87.5 cm³/mol. The normalized spacial score (nSPS) is 14.9. The second kappa shape index (κ2) is 11.0. The molecule has 8 heteroatoms. The van der Waals surface area contributed by atoms with Crippen molar-refractivity contribution in [3.05, 3.63) is 0 Å². The van der Waals surface area contributed by atoms with E-state index in [1.807, 2.05) is 13.8 Å². The Labute approximate surface area is 137 Å². The molecule has 0 aromatic carbocycles. The van der Waals surface area contributed by atoms with Crippen LogP contribution in [0.3, 0.4) is 0 Å². The third kappa shape index (κ3) is 9.14. The molecule has 0 aliphatic rings. The van der Waals surface area contributed by atoms with Crippen LogP contribution in [0, 0.1) is 5.92 Å². The zero-order valence-corrected chi connectivity index (χ0v) is 14.2. The van der Waals surface area contributed by atoms with Crippen molar-refractivity contribution in [2.45, 2.75) is 64.6 Å². The number of nitrogens with one attached hydrogen (secondary N) is 2. The SMILES string of the molecule is CC(C)C[C@H](NC(=O)[C@H](C)N)C(=O)N[C@@H](CCCCN)C(=O)O. The van der Waals surface area contributed by atoms with E-state index in [0.29, 0.717) is 32.2 Å². The summed E-state index contributed by atoms with van der Waals surface area (Å²) in [6.07, 6.45) is 2.00. The van der Waals surface area contributed by atoms with Crippen LogP contribution in [0.2, 0.25) is 0 Å². The molecule has 0 bridgehead atoms. The van der Waals surface area contributed by atoms with E-state index in [1.165, 1.54) is 6.92 Å². The Hall–Kier alpha value is -1.67. The highest BCUT2D eigenvalue weighted by Gasteiger charge is 2.27. The fourth-order valence-electron chi connectivity index (χ4n) is 2.03. The Bertz CT molecular complexity index is 399. The number of hydrogen-bond acceptors (Lipinski definition) is 5. The van der Waals surface area contributed by atoms with Crippen LogP contribution in [0.5, 0.6) is 0 Å². The van der Waals surface area contributed by atoms with Gasteiger partial charge in [-0.05, 0) is 45.1 Å². The van der Waals surface area contributed by atoms with Gasteiger partial charge in [0.25, 0.3) is 0 Å². The van der Waals surface area contributed by atoms with Crippen molar-refractivity contribution in [2.24, 2.45) is 17.4 Å². The van der Waals surface area contributed by atoms with E-state index in [0.717, 1.165) is 0 Å². The molecule has 0 rings (SSSR count). The molecule has 2 amide bonds. The van der Waals surface area contributed by atoms with E-state index >= 15 is 0 Å². The summed E-state index contributed by atoms with van der Waals surface area (Å²) in [5, 5.41) is 14.3. The van der Waals surface area contributed by atoms with E-state index in [4.69, 9.17) is 11.5 Å². The van der Waals surface area contributed by atoms with Crippen LogP contribution in [-0.4, -0.2) is 47.6 Å². The lowest BCUT2D eigenvalue weighted by molar-refractivity contribution is -0.142. The van der Waals surface area contributed by atoms with E-state index in [-0.39, 0.29) is 5.92 Å². The summed E-state index contributed by atoms with van der Waals surface area (Å²) in [5.74, 6) is -1.90. The Morgan fingerprint density at radius 1 is 1.00 bits per heavy atom. The molecule has 0 aliphatic heterocycles. The first-order chi connectivity index (χ1) is 10.7. The van der Waals surface area contributed by atoms with Crippen LogP contribution in [0.1, 0.15) is 46.5 Å². The van der Waals surface area contributed by atoms with Gasteiger partial charge >= 0.3 is 5.97 Å². The molecule has 0 radical (unpaired) electrons. The summed E-state index contributed by atoms with van der Waals surface area (Å²) in [5.41, 5.74) is 10.9. The molecule has 23 heavy (non-hydrogen) atoms. The minimum absolute atomic E-state index is 0.152. The van der Waals surface area contributed by atoms with E-state index < -0.39 is 35.9 Å². The molecule has 0 saturated carbocycles. The average Bonchev–Trinajstić information content (AvgIpc) is 2.44. The standard InChI is InChI=1S/C15H30N4O4/c1-9(2)8-12(19-13(20)10(3)17)14(21)18-11(15(22)23)6-4-5-7-16/h9-12H,4-8,16-17H2,1-3H3,(H,18,21)(H,19,20)(H,22,23)/t10-,11-,12-/m0/s1. The van der Waals surface area contributed by atoms with Crippen molar-refractivity contribution < 1.29 is 19.5 Å². The summed E-state index contributed by atoms with van der Waals surface area (Å²) in [4.78, 5) is 35.3. The average molecular weight is 330 g/mol. The second-order valence-corrected chi connectivity index (χ2v) is 6.16. The lowest BCUT2D eigenvalue weighted by atomic mass is 10.0. The van der Waals surface area contributed by atoms with Crippen LogP contribution in [0.25, 0.3) is 0 Å². The van der Waals surface area contributed by atoms with E-state index in [1.54, 1.807) is 0 Å². The fraction of sp³-hybridized carbons (Fsp3) is 0.800. The van der Waals surface area contributed by atoms with Gasteiger partial charge in [-0.15, -0.1) is 0 Å².